The molecule has 1 aromatic heterocycles. The number of imidazole rings is 1. The SMILES string of the molecule is CSC(=NCCc1nc(SC)c(C)[nH]1)NC#N. The van der Waals surface area contributed by atoms with Gasteiger partial charge in [0.15, 0.2) is 11.4 Å². The van der Waals surface area contributed by atoms with E-state index in [-0.39, 0.29) is 0 Å². The zero-order chi connectivity index (χ0) is 12.7. The predicted molar refractivity (Wildman–Crippen MR) is 73.4 cm³/mol. The molecule has 0 amide bonds. The first-order valence-electron chi connectivity index (χ1n) is 5.04. The summed E-state index contributed by atoms with van der Waals surface area (Å²) in [7, 11) is 0. The molecule has 5 nitrogen and oxygen atoms in total. The van der Waals surface area contributed by atoms with Gasteiger partial charge in [-0.15, -0.1) is 11.8 Å². The van der Waals surface area contributed by atoms with Crippen LogP contribution in [0.5, 0.6) is 0 Å². The summed E-state index contributed by atoms with van der Waals surface area (Å²) >= 11 is 3.06. The molecule has 0 radical (unpaired) electrons. The number of rotatable bonds is 4. The van der Waals surface area contributed by atoms with Crippen molar-refractivity contribution in [2.24, 2.45) is 4.99 Å². The summed E-state index contributed by atoms with van der Waals surface area (Å²) in [6.45, 7) is 2.63. The second-order valence-corrected chi connectivity index (χ2v) is 4.79. The molecular formula is C10H15N5S2. The fourth-order valence-corrected chi connectivity index (χ4v) is 2.21. The Morgan fingerprint density at radius 1 is 1.59 bits per heavy atom. The Morgan fingerprint density at radius 3 is 2.88 bits per heavy atom. The van der Waals surface area contributed by atoms with Crippen LogP contribution in [0.4, 0.5) is 0 Å². The molecule has 0 fully saturated rings. The molecule has 0 aliphatic rings. The molecule has 1 heterocycles. The molecule has 1 rings (SSSR count). The number of amidine groups is 1. The van der Waals surface area contributed by atoms with Crippen LogP contribution in [0.1, 0.15) is 11.5 Å². The number of thioether (sulfide) groups is 2. The maximum absolute atomic E-state index is 8.48. The van der Waals surface area contributed by atoms with E-state index in [1.54, 1.807) is 11.8 Å². The van der Waals surface area contributed by atoms with Gasteiger partial charge in [0.05, 0.1) is 0 Å². The van der Waals surface area contributed by atoms with Crippen molar-refractivity contribution in [2.75, 3.05) is 19.1 Å². The molecule has 0 atom stereocenters. The lowest BCUT2D eigenvalue weighted by molar-refractivity contribution is 0.883. The summed E-state index contributed by atoms with van der Waals surface area (Å²) in [5.74, 6) is 0.938. The Morgan fingerprint density at radius 2 is 2.35 bits per heavy atom. The summed E-state index contributed by atoms with van der Waals surface area (Å²) in [6, 6.07) is 0. The van der Waals surface area contributed by atoms with Gasteiger partial charge in [0.2, 0.25) is 0 Å². The molecule has 0 aromatic carbocycles. The summed E-state index contributed by atoms with van der Waals surface area (Å²) in [5, 5.41) is 12.7. The maximum atomic E-state index is 8.48. The minimum absolute atomic E-state index is 0.617. The van der Waals surface area contributed by atoms with E-state index in [4.69, 9.17) is 5.26 Å². The van der Waals surface area contributed by atoms with E-state index in [9.17, 15) is 0 Å². The lowest BCUT2D eigenvalue weighted by Gasteiger charge is -1.98. The molecule has 1 aromatic rings. The highest BCUT2D eigenvalue weighted by atomic mass is 32.2. The van der Waals surface area contributed by atoms with Crippen molar-refractivity contribution in [3.8, 4) is 6.19 Å². The highest BCUT2D eigenvalue weighted by Crippen LogP contribution is 2.16. The predicted octanol–water partition coefficient (Wildman–Crippen LogP) is 1.77. The van der Waals surface area contributed by atoms with E-state index in [1.165, 1.54) is 11.8 Å². The van der Waals surface area contributed by atoms with Crippen molar-refractivity contribution in [1.29, 1.82) is 5.26 Å². The third-order valence-electron chi connectivity index (χ3n) is 2.04. The number of aryl methyl sites for hydroxylation is 1. The van der Waals surface area contributed by atoms with Gasteiger partial charge in [-0.2, -0.15) is 5.26 Å². The Labute approximate surface area is 109 Å². The van der Waals surface area contributed by atoms with Crippen LogP contribution in [0.25, 0.3) is 0 Å². The van der Waals surface area contributed by atoms with Gasteiger partial charge in [-0.05, 0) is 19.4 Å². The van der Waals surface area contributed by atoms with Gasteiger partial charge in [-0.25, -0.2) is 4.98 Å². The lowest BCUT2D eigenvalue weighted by atomic mass is 10.4. The van der Waals surface area contributed by atoms with Crippen LogP contribution in [0, 0.1) is 18.4 Å². The number of hydrogen-bond donors (Lipinski definition) is 2. The van der Waals surface area contributed by atoms with E-state index in [1.807, 2.05) is 25.6 Å². The molecule has 92 valence electrons. The molecule has 17 heavy (non-hydrogen) atoms. The van der Waals surface area contributed by atoms with Crippen molar-refractivity contribution in [1.82, 2.24) is 15.3 Å². The zero-order valence-electron chi connectivity index (χ0n) is 10.1. The Kier molecular flexibility index (Phi) is 5.94. The number of nitrogens with one attached hydrogen (secondary N) is 2. The van der Waals surface area contributed by atoms with E-state index >= 15 is 0 Å². The van der Waals surface area contributed by atoms with Crippen LogP contribution in [-0.2, 0) is 6.42 Å². The Bertz CT molecular complexity index is 432. The van der Waals surface area contributed by atoms with Crippen molar-refractivity contribution >= 4 is 28.7 Å². The lowest BCUT2D eigenvalue weighted by Crippen LogP contribution is -2.14. The molecule has 0 aliphatic heterocycles. The van der Waals surface area contributed by atoms with Gasteiger partial charge in [-0.3, -0.25) is 10.3 Å². The first-order valence-corrected chi connectivity index (χ1v) is 7.49. The molecular weight excluding hydrogens is 254 g/mol. The minimum Gasteiger partial charge on any atom is -0.345 e. The molecule has 0 aliphatic carbocycles. The zero-order valence-corrected chi connectivity index (χ0v) is 11.7. The first kappa shape index (κ1) is 13.9. The number of aliphatic imine (C=N–C) groups is 1. The van der Waals surface area contributed by atoms with Crippen LogP contribution in [0.3, 0.4) is 0 Å². The third-order valence-corrected chi connectivity index (χ3v) is 3.44. The van der Waals surface area contributed by atoms with E-state index in [0.29, 0.717) is 11.7 Å². The van der Waals surface area contributed by atoms with Crippen molar-refractivity contribution in [2.45, 2.75) is 18.4 Å². The van der Waals surface area contributed by atoms with E-state index in [0.717, 1.165) is 23.0 Å². The molecule has 0 unspecified atom stereocenters. The van der Waals surface area contributed by atoms with Gasteiger partial charge in [0.25, 0.3) is 0 Å². The van der Waals surface area contributed by atoms with Crippen LogP contribution < -0.4 is 5.32 Å². The molecule has 2 N–H and O–H groups in total. The molecule has 7 heteroatoms. The molecule has 0 saturated carbocycles. The van der Waals surface area contributed by atoms with E-state index in [2.05, 4.69) is 20.3 Å². The minimum atomic E-state index is 0.617. The number of aromatic amines is 1. The van der Waals surface area contributed by atoms with Crippen LogP contribution in [0.15, 0.2) is 10.0 Å². The maximum Gasteiger partial charge on any atom is 0.183 e. The normalized spacial score (nSPS) is 11.3. The largest absolute Gasteiger partial charge is 0.345 e. The van der Waals surface area contributed by atoms with Gasteiger partial charge in [-0.1, -0.05) is 11.8 Å². The second-order valence-electron chi connectivity index (χ2n) is 3.20. The van der Waals surface area contributed by atoms with Crippen molar-refractivity contribution in [3.05, 3.63) is 11.5 Å². The number of nitrogens with zero attached hydrogens (tertiary/aromatic N) is 3. The average molecular weight is 269 g/mol. The number of nitriles is 1. The topological polar surface area (TPSA) is 76.9 Å². The summed E-state index contributed by atoms with van der Waals surface area (Å²) in [5.41, 5.74) is 1.09. The quantitative estimate of drug-likeness (QED) is 0.286. The molecule has 0 spiro atoms. The van der Waals surface area contributed by atoms with Crippen molar-refractivity contribution < 1.29 is 0 Å². The summed E-state index contributed by atoms with van der Waals surface area (Å²) < 4.78 is 0. The van der Waals surface area contributed by atoms with Crippen LogP contribution >= 0.6 is 23.5 Å². The van der Waals surface area contributed by atoms with Crippen LogP contribution in [0.2, 0.25) is 0 Å². The summed E-state index contributed by atoms with van der Waals surface area (Å²) in [6.07, 6.45) is 6.50. The molecule has 0 bridgehead atoms. The number of aromatic nitrogens is 2. The van der Waals surface area contributed by atoms with E-state index < -0.39 is 0 Å². The van der Waals surface area contributed by atoms with Crippen molar-refractivity contribution in [3.63, 3.8) is 0 Å². The second kappa shape index (κ2) is 7.25. The van der Waals surface area contributed by atoms with Gasteiger partial charge >= 0.3 is 0 Å². The molecule has 0 saturated heterocycles. The standard InChI is InChI=1S/C10H15N5S2/c1-7-9(16-2)15-8(14-7)4-5-12-10(17-3)13-6-11/h4-5H2,1-3H3,(H,12,13)(H,14,15). The third kappa shape index (κ3) is 4.32. The number of hydrogen-bond acceptors (Lipinski definition) is 5. The Balaban J connectivity index is 2.52. The number of H-pyrrole nitrogens is 1. The average Bonchev–Trinajstić information content (AvgIpc) is 2.68. The van der Waals surface area contributed by atoms with Gasteiger partial charge in [0.1, 0.15) is 10.9 Å². The fraction of sp³-hybridized carbons (Fsp3) is 0.500. The highest BCUT2D eigenvalue weighted by molar-refractivity contribution is 8.13. The van der Waals surface area contributed by atoms with Gasteiger partial charge in [0, 0.05) is 18.7 Å². The van der Waals surface area contributed by atoms with Gasteiger partial charge < -0.3 is 4.98 Å². The Hall–Kier alpha value is -1.13. The monoisotopic (exact) mass is 269 g/mol. The summed E-state index contributed by atoms with van der Waals surface area (Å²) in [4.78, 5) is 11.9. The highest BCUT2D eigenvalue weighted by Gasteiger charge is 2.04. The smallest absolute Gasteiger partial charge is 0.183 e. The first-order chi connectivity index (χ1) is 8.21. The fourth-order valence-electron chi connectivity index (χ4n) is 1.29. The van der Waals surface area contributed by atoms with Crippen LogP contribution in [-0.4, -0.2) is 34.2 Å².